The van der Waals surface area contributed by atoms with Gasteiger partial charge in [0.15, 0.2) is 0 Å². The Morgan fingerprint density at radius 1 is 1.30 bits per heavy atom. The molecule has 2 rings (SSSR count). The van der Waals surface area contributed by atoms with Gasteiger partial charge in [-0.15, -0.1) is 0 Å². The number of fused-ring (bicyclic) bond motifs is 1. The number of rotatable bonds is 10. The maximum absolute atomic E-state index is 12.4. The first-order valence-corrected chi connectivity index (χ1v) is 10.9. The molecular weight excluding hydrogens is 395 g/mol. The number of carbonyl (C=O) groups is 2. The van der Waals surface area contributed by atoms with Gasteiger partial charge in [-0.2, -0.15) is 0 Å². The van der Waals surface area contributed by atoms with Gasteiger partial charge in [0, 0.05) is 18.3 Å². The number of aliphatic hydroxyl groups excluding tert-OH is 2. The molecule has 0 heterocycles. The van der Waals surface area contributed by atoms with Crippen molar-refractivity contribution in [3.8, 4) is 0 Å². The molecule has 2 aliphatic rings. The largest absolute Gasteiger partial charge is 1.00 e. The van der Waals surface area contributed by atoms with E-state index in [4.69, 9.17) is 4.74 Å². The second-order valence-electron chi connectivity index (χ2n) is 8.79. The van der Waals surface area contributed by atoms with Crippen LogP contribution in [-0.2, 0) is 14.3 Å². The fraction of sp³-hybridized carbons (Fsp3) is 0.739. The van der Waals surface area contributed by atoms with Crippen molar-refractivity contribution in [2.75, 3.05) is 0 Å². The second-order valence-corrected chi connectivity index (χ2v) is 8.79. The smallest absolute Gasteiger partial charge is 0.550 e. The second kappa shape index (κ2) is 13.0. The van der Waals surface area contributed by atoms with Gasteiger partial charge >= 0.3 is 35.5 Å². The molecule has 0 aromatic rings. The first kappa shape index (κ1) is 27.4. The van der Waals surface area contributed by atoms with Gasteiger partial charge in [0.2, 0.25) is 0 Å². The van der Waals surface area contributed by atoms with Crippen LogP contribution in [0.15, 0.2) is 23.8 Å². The zero-order valence-electron chi connectivity index (χ0n) is 18.8. The zero-order chi connectivity index (χ0) is 21.6. The molecule has 7 heteroatoms. The van der Waals surface area contributed by atoms with E-state index in [1.807, 2.05) is 13.8 Å². The summed E-state index contributed by atoms with van der Waals surface area (Å²) in [6.45, 7) is 5.99. The minimum Gasteiger partial charge on any atom is -0.550 e. The van der Waals surface area contributed by atoms with E-state index in [9.17, 15) is 24.9 Å². The van der Waals surface area contributed by atoms with Gasteiger partial charge in [0.1, 0.15) is 6.10 Å². The Kier molecular flexibility index (Phi) is 11.9. The summed E-state index contributed by atoms with van der Waals surface area (Å²) < 4.78 is 5.94. The number of carboxylic acids is 1. The number of allylic oxidation sites excluding steroid dienone is 3. The standard InChI is InChI=1S/C23H36O6.Na/c1-4-15(3)23(28)29-20-11-14(2)10-17-7-5-6-16(22(17)20)8-9-18(24)12-19(25)13-21(26)27;/h5,7,10,14-16,18-20,22,24-25H,4,6,8-9,11-13H2,1-3H3,(H,26,27);/q;+1/p-1/t14-,15-,16?,18+,19?,20-,22+;/m0./s1. The number of esters is 1. The third kappa shape index (κ3) is 8.12. The van der Waals surface area contributed by atoms with Crippen LogP contribution in [0.2, 0.25) is 0 Å². The van der Waals surface area contributed by atoms with Crippen LogP contribution in [0.25, 0.3) is 0 Å². The Labute approximate surface area is 202 Å². The van der Waals surface area contributed by atoms with E-state index in [2.05, 4.69) is 25.2 Å². The molecule has 0 aromatic carbocycles. The van der Waals surface area contributed by atoms with Crippen molar-refractivity contribution in [1.29, 1.82) is 0 Å². The minimum atomic E-state index is -1.32. The van der Waals surface area contributed by atoms with Crippen molar-refractivity contribution in [3.63, 3.8) is 0 Å². The SMILES string of the molecule is CC[C@H](C)C(=O)O[C@H]1C[C@@H](C)C=C2C=CCC(CC[C@@H](O)CC(O)CC(=O)[O-])[C@H]21.[Na+]. The number of carbonyl (C=O) groups excluding carboxylic acids is 2. The summed E-state index contributed by atoms with van der Waals surface area (Å²) in [5.41, 5.74) is 1.20. The van der Waals surface area contributed by atoms with Gasteiger partial charge < -0.3 is 24.9 Å². The van der Waals surface area contributed by atoms with Crippen LogP contribution in [0, 0.1) is 23.7 Å². The third-order valence-electron chi connectivity index (χ3n) is 6.22. The molecule has 0 aromatic heterocycles. The molecule has 2 aliphatic carbocycles. The normalized spacial score (nSPS) is 28.4. The van der Waals surface area contributed by atoms with Gasteiger partial charge in [-0.25, -0.2) is 0 Å². The van der Waals surface area contributed by atoms with Crippen molar-refractivity contribution < 1.29 is 59.2 Å². The minimum absolute atomic E-state index is 0. The summed E-state index contributed by atoms with van der Waals surface area (Å²) in [4.78, 5) is 23.0. The Balaban J connectivity index is 0.00000450. The molecule has 30 heavy (non-hydrogen) atoms. The van der Waals surface area contributed by atoms with Crippen molar-refractivity contribution in [2.45, 2.75) is 84.0 Å². The van der Waals surface area contributed by atoms with Gasteiger partial charge in [0.25, 0.3) is 0 Å². The monoisotopic (exact) mass is 430 g/mol. The van der Waals surface area contributed by atoms with Gasteiger partial charge in [-0.05, 0) is 55.9 Å². The fourth-order valence-corrected chi connectivity index (χ4v) is 4.47. The maximum Gasteiger partial charge on any atom is 1.00 e. The molecule has 164 valence electrons. The summed E-state index contributed by atoms with van der Waals surface area (Å²) in [6, 6.07) is 0. The predicted octanol–water partition coefficient (Wildman–Crippen LogP) is -0.861. The molecule has 0 amide bonds. The number of carboxylic acid groups (broad SMARTS) is 1. The van der Waals surface area contributed by atoms with E-state index in [-0.39, 0.29) is 65.8 Å². The van der Waals surface area contributed by atoms with Crippen LogP contribution >= 0.6 is 0 Å². The van der Waals surface area contributed by atoms with Gasteiger partial charge in [-0.3, -0.25) is 4.79 Å². The summed E-state index contributed by atoms with van der Waals surface area (Å²) in [5.74, 6) is -0.899. The zero-order valence-corrected chi connectivity index (χ0v) is 20.8. The molecule has 0 aliphatic heterocycles. The summed E-state index contributed by atoms with van der Waals surface area (Å²) in [5, 5.41) is 30.5. The third-order valence-corrected chi connectivity index (χ3v) is 6.22. The molecule has 7 atom stereocenters. The van der Waals surface area contributed by atoms with Crippen LogP contribution in [-0.4, -0.2) is 40.5 Å². The first-order chi connectivity index (χ1) is 13.7. The Morgan fingerprint density at radius 3 is 2.63 bits per heavy atom. The molecule has 0 bridgehead atoms. The number of aliphatic hydroxyl groups is 2. The molecule has 2 N–H and O–H groups in total. The van der Waals surface area contributed by atoms with Gasteiger partial charge in [-0.1, -0.05) is 39.0 Å². The van der Waals surface area contributed by atoms with Crippen molar-refractivity contribution in [3.05, 3.63) is 23.8 Å². The average molecular weight is 431 g/mol. The Morgan fingerprint density at radius 2 is 2.00 bits per heavy atom. The van der Waals surface area contributed by atoms with E-state index in [0.29, 0.717) is 12.3 Å². The molecule has 6 nitrogen and oxygen atoms in total. The topological polar surface area (TPSA) is 107 Å². The van der Waals surface area contributed by atoms with Crippen molar-refractivity contribution >= 4 is 11.9 Å². The molecule has 0 fully saturated rings. The van der Waals surface area contributed by atoms with E-state index < -0.39 is 24.6 Å². The molecule has 0 saturated carbocycles. The molecule has 0 spiro atoms. The number of aliphatic carboxylic acids is 1. The van der Waals surface area contributed by atoms with Crippen molar-refractivity contribution in [2.24, 2.45) is 23.7 Å². The van der Waals surface area contributed by atoms with Crippen LogP contribution < -0.4 is 34.7 Å². The van der Waals surface area contributed by atoms with Crippen LogP contribution in [0.3, 0.4) is 0 Å². The summed E-state index contributed by atoms with van der Waals surface area (Å²) >= 11 is 0. The molecular formula is C23H35NaO6. The first-order valence-electron chi connectivity index (χ1n) is 10.9. The van der Waals surface area contributed by atoms with Gasteiger partial charge in [0.05, 0.1) is 18.1 Å². The average Bonchev–Trinajstić information content (AvgIpc) is 2.64. The molecule has 2 unspecified atom stereocenters. The molecule has 0 radical (unpaired) electrons. The van der Waals surface area contributed by atoms with Crippen molar-refractivity contribution in [1.82, 2.24) is 0 Å². The van der Waals surface area contributed by atoms with E-state index >= 15 is 0 Å². The Hall–Kier alpha value is -0.660. The Bertz CT molecular complexity index is 631. The van der Waals surface area contributed by atoms with E-state index in [1.54, 1.807) is 0 Å². The summed E-state index contributed by atoms with van der Waals surface area (Å²) in [6.07, 6.45) is 7.61. The van der Waals surface area contributed by atoms with Crippen LogP contribution in [0.4, 0.5) is 0 Å². The number of ether oxygens (including phenoxy) is 1. The maximum atomic E-state index is 12.4. The summed E-state index contributed by atoms with van der Waals surface area (Å²) in [7, 11) is 0. The number of hydrogen-bond donors (Lipinski definition) is 2. The predicted molar refractivity (Wildman–Crippen MR) is 107 cm³/mol. The fourth-order valence-electron chi connectivity index (χ4n) is 4.47. The molecule has 0 saturated heterocycles. The van der Waals surface area contributed by atoms with E-state index in [0.717, 1.165) is 25.7 Å². The van der Waals surface area contributed by atoms with Crippen LogP contribution in [0.5, 0.6) is 0 Å². The van der Waals surface area contributed by atoms with Crippen LogP contribution in [0.1, 0.15) is 65.7 Å². The van der Waals surface area contributed by atoms with E-state index in [1.165, 1.54) is 5.57 Å². The number of hydrogen-bond acceptors (Lipinski definition) is 6. The quantitative estimate of drug-likeness (QED) is 0.345.